The highest BCUT2D eigenvalue weighted by Crippen LogP contribution is 2.27. The Hall–Kier alpha value is -3.78. The van der Waals surface area contributed by atoms with Gasteiger partial charge in [-0.25, -0.2) is 4.98 Å². The van der Waals surface area contributed by atoms with Gasteiger partial charge in [0.15, 0.2) is 16.9 Å². The third kappa shape index (κ3) is 6.12. The lowest BCUT2D eigenvalue weighted by Crippen LogP contribution is -2.44. The van der Waals surface area contributed by atoms with Gasteiger partial charge in [-0.05, 0) is 43.2 Å². The van der Waals surface area contributed by atoms with Gasteiger partial charge in [0.1, 0.15) is 5.82 Å². The van der Waals surface area contributed by atoms with Gasteiger partial charge < -0.3 is 10.6 Å². The number of hydrogen-bond acceptors (Lipinski definition) is 6. The summed E-state index contributed by atoms with van der Waals surface area (Å²) in [5, 5.41) is 0. The summed E-state index contributed by atoms with van der Waals surface area (Å²) in [6, 6.07) is 20.4. The van der Waals surface area contributed by atoms with Gasteiger partial charge in [-0.3, -0.25) is 18.7 Å². The van der Waals surface area contributed by atoms with Crippen LogP contribution in [0, 0.1) is 5.92 Å². The first kappa shape index (κ1) is 27.4. The summed E-state index contributed by atoms with van der Waals surface area (Å²) in [5.74, 6) is 1.52. The van der Waals surface area contributed by atoms with E-state index in [1.54, 1.807) is 4.57 Å². The Labute approximate surface area is 241 Å². The molecule has 0 amide bonds. The summed E-state index contributed by atoms with van der Waals surface area (Å²) in [5.41, 5.74) is 9.33. The standard InChI is InChI=1S/C33H40N6O2/c34-27-17-10-20-37(22-27)33-36-31-30(39(33)21-25-13-6-2-7-14-25)32(41)38(23-28(40)26-15-8-3-9-16-26)29(35-31)19-18-24-11-4-1-5-12-24/h1-2,4-7,11-14,26-27H,3,8-10,15-23,34H2. The maximum Gasteiger partial charge on any atom is 0.280 e. The minimum absolute atomic E-state index is 0.0212. The molecular formula is C33H40N6O2. The van der Waals surface area contributed by atoms with E-state index in [-0.39, 0.29) is 29.8 Å². The molecule has 1 aliphatic heterocycles. The van der Waals surface area contributed by atoms with E-state index >= 15 is 0 Å². The summed E-state index contributed by atoms with van der Waals surface area (Å²) in [4.78, 5) is 40.1. The van der Waals surface area contributed by atoms with E-state index in [9.17, 15) is 9.59 Å². The van der Waals surface area contributed by atoms with Crippen LogP contribution in [0.3, 0.4) is 0 Å². The van der Waals surface area contributed by atoms with Crippen LogP contribution in [0.25, 0.3) is 11.2 Å². The van der Waals surface area contributed by atoms with E-state index in [1.165, 1.54) is 12.0 Å². The normalized spacial score (nSPS) is 18.2. The number of hydrogen-bond donors (Lipinski definition) is 1. The maximum atomic E-state index is 14.4. The summed E-state index contributed by atoms with van der Waals surface area (Å²) in [7, 11) is 0. The molecule has 0 spiro atoms. The van der Waals surface area contributed by atoms with E-state index in [2.05, 4.69) is 29.2 Å². The fourth-order valence-corrected chi connectivity index (χ4v) is 6.46. The van der Waals surface area contributed by atoms with Crippen molar-refractivity contribution in [1.29, 1.82) is 0 Å². The number of aryl methyl sites for hydroxylation is 2. The van der Waals surface area contributed by atoms with Gasteiger partial charge >= 0.3 is 0 Å². The van der Waals surface area contributed by atoms with Crippen molar-refractivity contribution < 1.29 is 4.79 Å². The van der Waals surface area contributed by atoms with Gasteiger partial charge in [-0.15, -0.1) is 0 Å². The quantitative estimate of drug-likeness (QED) is 0.328. The Bertz CT molecular complexity index is 1540. The van der Waals surface area contributed by atoms with Gasteiger partial charge in [0.2, 0.25) is 5.95 Å². The first-order valence-electron chi connectivity index (χ1n) is 15.2. The molecule has 0 radical (unpaired) electrons. The van der Waals surface area contributed by atoms with Crippen molar-refractivity contribution in [3.05, 3.63) is 88.0 Å². The van der Waals surface area contributed by atoms with Crippen LogP contribution in [-0.4, -0.2) is 44.0 Å². The van der Waals surface area contributed by atoms with Crippen LogP contribution in [0.4, 0.5) is 5.95 Å². The monoisotopic (exact) mass is 552 g/mol. The molecule has 2 aromatic heterocycles. The van der Waals surface area contributed by atoms with Crippen molar-refractivity contribution >= 4 is 22.9 Å². The van der Waals surface area contributed by atoms with Crippen molar-refractivity contribution in [2.75, 3.05) is 18.0 Å². The van der Waals surface area contributed by atoms with E-state index < -0.39 is 0 Å². The topological polar surface area (TPSA) is 99.0 Å². The van der Waals surface area contributed by atoms with Crippen LogP contribution < -0.4 is 16.2 Å². The lowest BCUT2D eigenvalue weighted by Gasteiger charge is -2.31. The van der Waals surface area contributed by atoms with Gasteiger partial charge in [0, 0.05) is 31.5 Å². The van der Waals surface area contributed by atoms with E-state index in [0.29, 0.717) is 36.5 Å². The molecule has 2 N–H and O–H groups in total. The minimum atomic E-state index is -0.182. The number of ketones is 1. The number of imidazole rings is 1. The first-order valence-corrected chi connectivity index (χ1v) is 15.2. The fraction of sp³-hybridized carbons (Fsp3) is 0.455. The van der Waals surface area contributed by atoms with E-state index in [0.717, 1.165) is 63.0 Å². The second kappa shape index (κ2) is 12.4. The number of benzene rings is 2. The predicted molar refractivity (Wildman–Crippen MR) is 162 cm³/mol. The molecule has 6 rings (SSSR count). The second-order valence-corrected chi connectivity index (χ2v) is 11.7. The third-order valence-corrected chi connectivity index (χ3v) is 8.70. The smallest absolute Gasteiger partial charge is 0.280 e. The van der Waals surface area contributed by atoms with Gasteiger partial charge in [0.05, 0.1) is 13.1 Å². The van der Waals surface area contributed by atoms with Crippen LogP contribution in [0.2, 0.25) is 0 Å². The molecule has 4 aromatic rings. The summed E-state index contributed by atoms with van der Waals surface area (Å²) >= 11 is 0. The molecule has 1 aliphatic carbocycles. The molecule has 1 atom stereocenters. The van der Waals surface area contributed by atoms with Crippen LogP contribution >= 0.6 is 0 Å². The number of carbonyl (C=O) groups excluding carboxylic acids is 1. The highest BCUT2D eigenvalue weighted by Gasteiger charge is 2.28. The molecule has 41 heavy (non-hydrogen) atoms. The maximum absolute atomic E-state index is 14.4. The number of anilines is 1. The molecular weight excluding hydrogens is 512 g/mol. The molecule has 2 aliphatic rings. The number of carbonyl (C=O) groups is 1. The van der Waals surface area contributed by atoms with Crippen LogP contribution in [-0.2, 0) is 30.7 Å². The largest absolute Gasteiger partial charge is 0.341 e. The minimum Gasteiger partial charge on any atom is -0.341 e. The molecule has 3 heterocycles. The Morgan fingerprint density at radius 2 is 1.54 bits per heavy atom. The van der Waals surface area contributed by atoms with Crippen LogP contribution in [0.5, 0.6) is 0 Å². The van der Waals surface area contributed by atoms with Gasteiger partial charge in [0.25, 0.3) is 5.56 Å². The average Bonchev–Trinajstić information content (AvgIpc) is 3.37. The first-order chi connectivity index (χ1) is 20.1. The van der Waals surface area contributed by atoms with E-state index in [4.69, 9.17) is 15.7 Å². The third-order valence-electron chi connectivity index (χ3n) is 8.70. The van der Waals surface area contributed by atoms with Gasteiger partial charge in [-0.1, -0.05) is 79.9 Å². The Morgan fingerprint density at radius 1 is 0.829 bits per heavy atom. The summed E-state index contributed by atoms with van der Waals surface area (Å²) in [6.45, 7) is 2.08. The predicted octanol–water partition coefficient (Wildman–Crippen LogP) is 4.50. The zero-order valence-electron chi connectivity index (χ0n) is 23.8. The number of rotatable bonds is 9. The number of fused-ring (bicyclic) bond motifs is 1. The van der Waals surface area contributed by atoms with Gasteiger partial charge in [-0.2, -0.15) is 4.98 Å². The van der Waals surface area contributed by atoms with Crippen molar-refractivity contribution in [2.24, 2.45) is 11.7 Å². The van der Waals surface area contributed by atoms with Crippen LogP contribution in [0.15, 0.2) is 65.5 Å². The highest BCUT2D eigenvalue weighted by molar-refractivity contribution is 5.81. The van der Waals surface area contributed by atoms with E-state index in [1.807, 2.05) is 41.0 Å². The lowest BCUT2D eigenvalue weighted by atomic mass is 9.86. The van der Waals surface area contributed by atoms with Crippen molar-refractivity contribution in [3.8, 4) is 0 Å². The number of aromatic nitrogens is 4. The molecule has 8 heteroatoms. The van der Waals surface area contributed by atoms with Crippen LogP contribution in [0.1, 0.15) is 61.9 Å². The number of nitrogens with two attached hydrogens (primary N) is 1. The highest BCUT2D eigenvalue weighted by atomic mass is 16.1. The Balaban J connectivity index is 1.46. The Morgan fingerprint density at radius 3 is 2.24 bits per heavy atom. The molecule has 1 saturated carbocycles. The molecule has 2 fully saturated rings. The summed E-state index contributed by atoms with van der Waals surface area (Å²) in [6.07, 6.45) is 8.41. The zero-order chi connectivity index (χ0) is 28.2. The fourth-order valence-electron chi connectivity index (χ4n) is 6.46. The van der Waals surface area contributed by atoms with Crippen molar-refractivity contribution in [1.82, 2.24) is 19.1 Å². The molecule has 214 valence electrons. The summed E-state index contributed by atoms with van der Waals surface area (Å²) < 4.78 is 3.65. The number of Topliss-reactive ketones (excluding diaryl/α,β-unsaturated/α-hetero) is 1. The SMILES string of the molecule is NC1CCCN(c2nc3nc(CCc4ccccc4)n(CC(=O)C4CCCCC4)c(=O)c3n2Cc2ccccc2)C1. The molecule has 2 aromatic carbocycles. The second-order valence-electron chi connectivity index (χ2n) is 11.7. The van der Waals surface area contributed by atoms with Crippen molar-refractivity contribution in [2.45, 2.75) is 76.9 Å². The Kier molecular flexibility index (Phi) is 8.28. The zero-order valence-corrected chi connectivity index (χ0v) is 23.8. The molecule has 8 nitrogen and oxygen atoms in total. The number of nitrogens with zero attached hydrogens (tertiary/aromatic N) is 5. The number of piperidine rings is 1. The lowest BCUT2D eigenvalue weighted by molar-refractivity contribution is -0.124. The molecule has 0 bridgehead atoms. The molecule has 1 unspecified atom stereocenters. The van der Waals surface area contributed by atoms with Crippen molar-refractivity contribution in [3.63, 3.8) is 0 Å². The molecule has 1 saturated heterocycles. The average molecular weight is 553 g/mol.